The summed E-state index contributed by atoms with van der Waals surface area (Å²) < 4.78 is 22.1. The maximum Gasteiger partial charge on any atom is 0.239 e. The number of phenols is 2. The maximum absolute atomic E-state index is 13.4. The first-order valence-electron chi connectivity index (χ1n) is 9.90. The second kappa shape index (κ2) is 8.89. The van der Waals surface area contributed by atoms with Gasteiger partial charge in [0.15, 0.2) is 17.1 Å². The Balaban J connectivity index is 1.91. The van der Waals surface area contributed by atoms with Gasteiger partial charge < -0.3 is 49.3 Å². The van der Waals surface area contributed by atoms with Gasteiger partial charge in [-0.15, -0.1) is 0 Å². The van der Waals surface area contributed by atoms with Crippen LogP contribution in [0.4, 0.5) is 0 Å². The molecule has 11 heteroatoms. The van der Waals surface area contributed by atoms with Gasteiger partial charge in [-0.2, -0.15) is 0 Å². The summed E-state index contributed by atoms with van der Waals surface area (Å²) in [6.45, 7) is -0.695. The number of hydrogen-bond donors (Lipinski definition) is 6. The molecule has 0 spiro atoms. The van der Waals surface area contributed by atoms with Crippen LogP contribution in [0.25, 0.3) is 22.3 Å². The molecule has 1 aliphatic rings. The molecule has 2 aromatic carbocycles. The molecule has 33 heavy (non-hydrogen) atoms. The molecule has 1 aromatic heterocycles. The van der Waals surface area contributed by atoms with Crippen molar-refractivity contribution in [1.29, 1.82) is 0 Å². The van der Waals surface area contributed by atoms with E-state index in [-0.39, 0.29) is 33.8 Å². The Kier molecular flexibility index (Phi) is 6.15. The van der Waals surface area contributed by atoms with Crippen LogP contribution in [-0.4, -0.2) is 75.1 Å². The van der Waals surface area contributed by atoms with E-state index in [1.807, 2.05) is 0 Å². The van der Waals surface area contributed by atoms with Crippen molar-refractivity contribution in [3.8, 4) is 34.3 Å². The molecule has 0 amide bonds. The largest absolute Gasteiger partial charge is 0.508 e. The van der Waals surface area contributed by atoms with Gasteiger partial charge in [0.2, 0.25) is 17.5 Å². The van der Waals surface area contributed by atoms with Gasteiger partial charge >= 0.3 is 0 Å². The molecule has 1 aliphatic heterocycles. The number of fused-ring (bicyclic) bond motifs is 1. The number of methoxy groups -OCH3 is 1. The van der Waals surface area contributed by atoms with E-state index in [1.54, 1.807) is 0 Å². The van der Waals surface area contributed by atoms with Crippen LogP contribution in [0.15, 0.2) is 45.6 Å². The Morgan fingerprint density at radius 2 is 1.67 bits per heavy atom. The van der Waals surface area contributed by atoms with Crippen molar-refractivity contribution in [2.45, 2.75) is 30.7 Å². The van der Waals surface area contributed by atoms with Crippen molar-refractivity contribution in [2.75, 3.05) is 13.7 Å². The Hall–Kier alpha value is -3.35. The fourth-order valence-corrected chi connectivity index (χ4v) is 3.59. The highest BCUT2D eigenvalue weighted by Crippen LogP contribution is 2.39. The average Bonchev–Trinajstić information content (AvgIpc) is 2.81. The molecule has 1 saturated heterocycles. The topological polar surface area (TPSA) is 179 Å². The minimum atomic E-state index is -1.79. The van der Waals surface area contributed by atoms with Crippen LogP contribution < -0.4 is 14.9 Å². The normalized spacial score (nSPS) is 25.2. The van der Waals surface area contributed by atoms with Gasteiger partial charge in [-0.1, -0.05) is 0 Å². The zero-order valence-corrected chi connectivity index (χ0v) is 17.3. The van der Waals surface area contributed by atoms with Gasteiger partial charge in [0.25, 0.3) is 0 Å². The molecule has 5 atom stereocenters. The van der Waals surface area contributed by atoms with Gasteiger partial charge in [-0.3, -0.25) is 4.79 Å². The summed E-state index contributed by atoms with van der Waals surface area (Å²) in [5.74, 6) is -0.947. The molecule has 0 bridgehead atoms. The lowest BCUT2D eigenvalue weighted by Gasteiger charge is -2.39. The van der Waals surface area contributed by atoms with Crippen LogP contribution in [-0.2, 0) is 4.74 Å². The molecule has 6 N–H and O–H groups in total. The summed E-state index contributed by atoms with van der Waals surface area (Å²) in [6.07, 6.45) is -8.10. The van der Waals surface area contributed by atoms with E-state index < -0.39 is 54.2 Å². The highest BCUT2D eigenvalue weighted by Gasteiger charge is 2.45. The number of aromatic hydroxyl groups is 2. The molecule has 0 aliphatic carbocycles. The Morgan fingerprint density at radius 3 is 2.30 bits per heavy atom. The molecule has 0 unspecified atom stereocenters. The second-order valence-electron chi connectivity index (χ2n) is 7.44. The number of phenolic OH excluding ortho intramolecular Hbond substituents is 2. The zero-order chi connectivity index (χ0) is 23.9. The van der Waals surface area contributed by atoms with Gasteiger partial charge in [0.1, 0.15) is 41.3 Å². The van der Waals surface area contributed by atoms with Gasteiger partial charge in [0, 0.05) is 5.56 Å². The lowest BCUT2D eigenvalue weighted by molar-refractivity contribution is -0.277. The number of aliphatic hydroxyl groups excluding tert-OH is 4. The predicted molar refractivity (Wildman–Crippen MR) is 112 cm³/mol. The van der Waals surface area contributed by atoms with Crippen molar-refractivity contribution in [1.82, 2.24) is 0 Å². The highest BCUT2D eigenvalue weighted by atomic mass is 16.7. The Labute approximate surface area is 186 Å². The third-order valence-corrected chi connectivity index (χ3v) is 5.38. The van der Waals surface area contributed by atoms with Crippen molar-refractivity contribution < 1.29 is 49.3 Å². The summed E-state index contributed by atoms with van der Waals surface area (Å²) in [6, 6.07) is 8.20. The van der Waals surface area contributed by atoms with Crippen LogP contribution in [0, 0.1) is 0 Å². The van der Waals surface area contributed by atoms with E-state index in [4.69, 9.17) is 18.6 Å². The zero-order valence-electron chi connectivity index (χ0n) is 17.3. The summed E-state index contributed by atoms with van der Waals surface area (Å²) >= 11 is 0. The molecule has 2 heterocycles. The molecular weight excluding hydrogens is 440 g/mol. The van der Waals surface area contributed by atoms with Gasteiger partial charge in [-0.05, 0) is 36.4 Å². The van der Waals surface area contributed by atoms with Crippen molar-refractivity contribution in [3.63, 3.8) is 0 Å². The quantitative estimate of drug-likeness (QED) is 0.302. The molecule has 0 radical (unpaired) electrons. The van der Waals surface area contributed by atoms with Crippen LogP contribution in [0.5, 0.6) is 23.0 Å². The minimum Gasteiger partial charge on any atom is -0.508 e. The van der Waals surface area contributed by atoms with Gasteiger partial charge in [-0.25, -0.2) is 0 Å². The third kappa shape index (κ3) is 3.96. The standard InChI is InChI=1S/C22H22O11/c1-30-12-7-6-11(25)14-16(27)21(19(32-20(12)14)9-2-4-10(24)5-3-9)33-22-18(29)17(28)15(26)13(8-23)31-22/h2-7,13,15,17-18,22-26,28-29H,8H2,1H3/t13-,15-,17+,18-,22+/m0/s1. The number of benzene rings is 2. The summed E-state index contributed by atoms with van der Waals surface area (Å²) in [7, 11) is 1.35. The Morgan fingerprint density at radius 1 is 0.970 bits per heavy atom. The molecule has 4 rings (SSSR count). The van der Waals surface area contributed by atoms with Crippen LogP contribution in [0.3, 0.4) is 0 Å². The van der Waals surface area contributed by atoms with E-state index in [0.717, 1.165) is 0 Å². The first kappa shape index (κ1) is 22.8. The van der Waals surface area contributed by atoms with Gasteiger partial charge in [0.05, 0.1) is 13.7 Å². The number of rotatable bonds is 5. The molecule has 3 aromatic rings. The fourth-order valence-electron chi connectivity index (χ4n) is 3.59. The number of aliphatic hydroxyl groups is 4. The smallest absolute Gasteiger partial charge is 0.239 e. The first-order valence-corrected chi connectivity index (χ1v) is 9.90. The van der Waals surface area contributed by atoms with Crippen molar-refractivity contribution >= 4 is 11.0 Å². The molecule has 1 fully saturated rings. The summed E-state index contributed by atoms with van der Waals surface area (Å²) in [4.78, 5) is 13.4. The molecule has 176 valence electrons. The lowest BCUT2D eigenvalue weighted by atomic mass is 9.99. The van der Waals surface area contributed by atoms with E-state index in [2.05, 4.69) is 0 Å². The predicted octanol–water partition coefficient (Wildman–Crippen LogP) is 0.0585. The average molecular weight is 462 g/mol. The third-order valence-electron chi connectivity index (χ3n) is 5.38. The van der Waals surface area contributed by atoms with Crippen molar-refractivity contribution in [3.05, 3.63) is 46.6 Å². The van der Waals surface area contributed by atoms with E-state index >= 15 is 0 Å². The lowest BCUT2D eigenvalue weighted by Crippen LogP contribution is -2.60. The van der Waals surface area contributed by atoms with E-state index in [1.165, 1.54) is 43.5 Å². The monoisotopic (exact) mass is 462 g/mol. The first-order chi connectivity index (χ1) is 15.8. The van der Waals surface area contributed by atoms with Crippen LogP contribution >= 0.6 is 0 Å². The van der Waals surface area contributed by atoms with E-state index in [9.17, 15) is 35.4 Å². The highest BCUT2D eigenvalue weighted by molar-refractivity contribution is 5.91. The van der Waals surface area contributed by atoms with Crippen LogP contribution in [0.2, 0.25) is 0 Å². The number of hydrogen-bond acceptors (Lipinski definition) is 11. The van der Waals surface area contributed by atoms with Crippen LogP contribution in [0.1, 0.15) is 0 Å². The molecule has 11 nitrogen and oxygen atoms in total. The van der Waals surface area contributed by atoms with E-state index in [0.29, 0.717) is 0 Å². The summed E-state index contributed by atoms with van der Waals surface area (Å²) in [5.41, 5.74) is -0.629. The molecular formula is C22H22O11. The maximum atomic E-state index is 13.4. The minimum absolute atomic E-state index is 0.0477. The second-order valence-corrected chi connectivity index (χ2v) is 7.44. The fraction of sp³-hybridized carbons (Fsp3) is 0.318. The Bertz CT molecular complexity index is 1200. The number of ether oxygens (including phenoxy) is 3. The molecule has 0 saturated carbocycles. The summed E-state index contributed by atoms with van der Waals surface area (Å²) in [5, 5.41) is 59.5. The SMILES string of the molecule is COc1ccc(O)c2c(=O)c(O[C@H]3O[C@@H](CO)[C@H](O)[C@@H](O)[C@@H]3O)c(-c3ccc(O)cc3)oc12. The van der Waals surface area contributed by atoms with Crippen molar-refractivity contribution in [2.24, 2.45) is 0 Å².